The molecule has 0 atom stereocenters. The molecule has 1 amide bonds. The smallest absolute Gasteiger partial charge is 0.262 e. The molecule has 35 heavy (non-hydrogen) atoms. The molecule has 0 aliphatic heterocycles. The van der Waals surface area contributed by atoms with Crippen molar-refractivity contribution in [2.24, 2.45) is 0 Å². The third-order valence-corrected chi connectivity index (χ3v) is 6.58. The van der Waals surface area contributed by atoms with Gasteiger partial charge in [0.25, 0.3) is 11.5 Å². The predicted octanol–water partition coefficient (Wildman–Crippen LogP) is 4.87. The van der Waals surface area contributed by atoms with Gasteiger partial charge >= 0.3 is 0 Å². The van der Waals surface area contributed by atoms with Gasteiger partial charge in [-0.15, -0.1) is 0 Å². The number of Topliss-reactive ketones (excluding diaryl/α,β-unsaturated/α-hetero) is 1. The minimum absolute atomic E-state index is 0.0386. The number of benzene rings is 3. The van der Waals surface area contributed by atoms with E-state index in [1.165, 1.54) is 11.8 Å². The van der Waals surface area contributed by atoms with Gasteiger partial charge in [-0.1, -0.05) is 78.8 Å². The molecule has 0 aliphatic rings. The van der Waals surface area contributed by atoms with Gasteiger partial charge < -0.3 is 5.32 Å². The van der Waals surface area contributed by atoms with Crippen molar-refractivity contribution in [2.75, 3.05) is 12.3 Å². The minimum atomic E-state index is -0.204. The summed E-state index contributed by atoms with van der Waals surface area (Å²) in [6.45, 7) is 4.87. The zero-order chi connectivity index (χ0) is 24.8. The number of fused-ring (bicyclic) bond motifs is 1. The monoisotopic (exact) mass is 485 g/mol. The number of carbonyl (C=O) groups excluding carboxylic acids is 2. The molecule has 3 aromatic carbocycles. The number of rotatable bonds is 9. The number of hydrogen-bond donors (Lipinski definition) is 1. The quantitative estimate of drug-likeness (QED) is 0.208. The molecule has 1 N–H and O–H groups in total. The number of nitrogens with zero attached hydrogens (tertiary/aromatic N) is 2. The molecule has 0 fully saturated rings. The van der Waals surface area contributed by atoms with E-state index in [1.807, 2.05) is 68.4 Å². The number of aromatic nitrogens is 2. The molecule has 4 rings (SSSR count). The van der Waals surface area contributed by atoms with Gasteiger partial charge in [-0.2, -0.15) is 0 Å². The van der Waals surface area contributed by atoms with Crippen molar-refractivity contribution in [3.8, 4) is 0 Å². The highest BCUT2D eigenvalue weighted by Crippen LogP contribution is 2.21. The first kappa shape index (κ1) is 24.4. The molecule has 0 spiro atoms. The zero-order valence-electron chi connectivity index (χ0n) is 19.8. The second-order valence-corrected chi connectivity index (χ2v) is 9.28. The molecular weight excluding hydrogens is 458 g/mol. The summed E-state index contributed by atoms with van der Waals surface area (Å²) >= 11 is 1.23. The lowest BCUT2D eigenvalue weighted by molar-refractivity contribution is 0.0953. The van der Waals surface area contributed by atoms with E-state index in [0.29, 0.717) is 40.3 Å². The SMILES string of the molecule is CCCNC(=O)c1ccc2c(=O)n(Cc3ccccc3)c(SCC(=O)c3ccc(C)cc3)nc2c1. The van der Waals surface area contributed by atoms with Crippen LogP contribution >= 0.6 is 11.8 Å². The molecule has 7 heteroatoms. The van der Waals surface area contributed by atoms with Gasteiger partial charge in [-0.3, -0.25) is 19.0 Å². The van der Waals surface area contributed by atoms with Gasteiger partial charge in [0.1, 0.15) is 0 Å². The Kier molecular flexibility index (Phi) is 7.77. The number of amides is 1. The van der Waals surface area contributed by atoms with Gasteiger partial charge in [0.05, 0.1) is 23.2 Å². The molecule has 0 saturated heterocycles. The molecule has 0 bridgehead atoms. The number of thioether (sulfide) groups is 1. The Bertz CT molecular complexity index is 1410. The van der Waals surface area contributed by atoms with Crippen LogP contribution in [0.2, 0.25) is 0 Å². The maximum absolute atomic E-state index is 13.5. The van der Waals surface area contributed by atoms with Crippen LogP contribution in [0.15, 0.2) is 82.7 Å². The summed E-state index contributed by atoms with van der Waals surface area (Å²) in [6, 6.07) is 22.0. The number of nitrogens with one attached hydrogen (secondary N) is 1. The lowest BCUT2D eigenvalue weighted by Crippen LogP contribution is -2.26. The van der Waals surface area contributed by atoms with Crippen molar-refractivity contribution in [3.05, 3.63) is 105 Å². The highest BCUT2D eigenvalue weighted by molar-refractivity contribution is 7.99. The first-order valence-electron chi connectivity index (χ1n) is 11.6. The Morgan fingerprint density at radius 1 is 0.971 bits per heavy atom. The summed E-state index contributed by atoms with van der Waals surface area (Å²) in [5.41, 5.74) is 3.35. The number of hydrogen-bond acceptors (Lipinski definition) is 5. The van der Waals surface area contributed by atoms with Crippen LogP contribution in [0, 0.1) is 6.92 Å². The Hall–Kier alpha value is -3.71. The van der Waals surface area contributed by atoms with Crippen molar-refractivity contribution in [1.82, 2.24) is 14.9 Å². The van der Waals surface area contributed by atoms with E-state index >= 15 is 0 Å². The maximum Gasteiger partial charge on any atom is 0.262 e. The Morgan fingerprint density at radius 3 is 2.40 bits per heavy atom. The second-order valence-electron chi connectivity index (χ2n) is 8.34. The van der Waals surface area contributed by atoms with Gasteiger partial charge in [-0.05, 0) is 37.1 Å². The molecule has 0 saturated carbocycles. The molecular formula is C28H27N3O3S. The van der Waals surface area contributed by atoms with E-state index in [0.717, 1.165) is 17.5 Å². The normalized spacial score (nSPS) is 10.9. The van der Waals surface area contributed by atoms with Crippen molar-refractivity contribution >= 4 is 34.4 Å². The fourth-order valence-electron chi connectivity index (χ4n) is 3.65. The predicted molar refractivity (Wildman–Crippen MR) is 140 cm³/mol. The van der Waals surface area contributed by atoms with Crippen LogP contribution in [0.3, 0.4) is 0 Å². The molecule has 0 radical (unpaired) electrons. The standard InChI is InChI=1S/C28H27N3O3S/c1-3-15-29-26(33)22-13-14-23-24(16-22)30-28(31(27(23)34)17-20-7-5-4-6-8-20)35-18-25(32)21-11-9-19(2)10-12-21/h4-14,16H,3,15,17-18H2,1-2H3,(H,29,33). The molecule has 1 heterocycles. The number of aryl methyl sites for hydroxylation is 1. The van der Waals surface area contributed by atoms with E-state index in [9.17, 15) is 14.4 Å². The van der Waals surface area contributed by atoms with Crippen LogP contribution in [-0.4, -0.2) is 33.5 Å². The third-order valence-electron chi connectivity index (χ3n) is 5.61. The molecule has 0 unspecified atom stereocenters. The first-order chi connectivity index (χ1) is 17.0. The second kappa shape index (κ2) is 11.1. The van der Waals surface area contributed by atoms with Crippen molar-refractivity contribution in [1.29, 1.82) is 0 Å². The number of ketones is 1. The molecule has 6 nitrogen and oxygen atoms in total. The average molecular weight is 486 g/mol. The fourth-order valence-corrected chi connectivity index (χ4v) is 4.54. The van der Waals surface area contributed by atoms with Gasteiger partial charge in [0.15, 0.2) is 10.9 Å². The van der Waals surface area contributed by atoms with Gasteiger partial charge in [-0.25, -0.2) is 4.98 Å². The van der Waals surface area contributed by atoms with E-state index in [-0.39, 0.29) is 23.0 Å². The summed E-state index contributed by atoms with van der Waals surface area (Å²) in [4.78, 5) is 43.5. The molecule has 1 aromatic heterocycles. The third kappa shape index (κ3) is 5.87. The van der Waals surface area contributed by atoms with Crippen LogP contribution in [0.4, 0.5) is 0 Å². The molecule has 4 aromatic rings. The highest BCUT2D eigenvalue weighted by atomic mass is 32.2. The number of carbonyl (C=O) groups is 2. The first-order valence-corrected chi connectivity index (χ1v) is 12.5. The summed E-state index contributed by atoms with van der Waals surface area (Å²) < 4.78 is 1.60. The van der Waals surface area contributed by atoms with Crippen LogP contribution in [0.25, 0.3) is 10.9 Å². The fraction of sp³-hybridized carbons (Fsp3) is 0.214. The van der Waals surface area contributed by atoms with Gasteiger partial charge in [0.2, 0.25) is 0 Å². The molecule has 0 aliphatic carbocycles. The Morgan fingerprint density at radius 2 is 1.69 bits per heavy atom. The highest BCUT2D eigenvalue weighted by Gasteiger charge is 2.16. The van der Waals surface area contributed by atoms with Crippen LogP contribution in [0.1, 0.15) is 45.2 Å². The minimum Gasteiger partial charge on any atom is -0.352 e. The van der Waals surface area contributed by atoms with Crippen molar-refractivity contribution in [3.63, 3.8) is 0 Å². The largest absolute Gasteiger partial charge is 0.352 e. The van der Waals surface area contributed by atoms with E-state index in [2.05, 4.69) is 5.32 Å². The summed E-state index contributed by atoms with van der Waals surface area (Å²) in [6.07, 6.45) is 0.831. The van der Waals surface area contributed by atoms with E-state index in [1.54, 1.807) is 22.8 Å². The summed E-state index contributed by atoms with van der Waals surface area (Å²) in [5, 5.41) is 3.72. The molecule has 178 valence electrons. The lowest BCUT2D eigenvalue weighted by atomic mass is 10.1. The van der Waals surface area contributed by atoms with E-state index < -0.39 is 0 Å². The lowest BCUT2D eigenvalue weighted by Gasteiger charge is -2.14. The van der Waals surface area contributed by atoms with Crippen LogP contribution in [0.5, 0.6) is 0 Å². The van der Waals surface area contributed by atoms with Crippen LogP contribution < -0.4 is 10.9 Å². The van der Waals surface area contributed by atoms with Crippen LogP contribution in [-0.2, 0) is 6.54 Å². The Labute approximate surface area is 208 Å². The van der Waals surface area contributed by atoms with Crippen molar-refractivity contribution in [2.45, 2.75) is 32.0 Å². The summed E-state index contributed by atoms with van der Waals surface area (Å²) in [5.74, 6) is -0.0944. The maximum atomic E-state index is 13.5. The van der Waals surface area contributed by atoms with Gasteiger partial charge in [0, 0.05) is 17.7 Å². The topological polar surface area (TPSA) is 81.1 Å². The van der Waals surface area contributed by atoms with E-state index in [4.69, 9.17) is 4.98 Å². The Balaban J connectivity index is 1.71. The van der Waals surface area contributed by atoms with Crippen molar-refractivity contribution < 1.29 is 9.59 Å². The average Bonchev–Trinajstić information content (AvgIpc) is 2.88. The zero-order valence-corrected chi connectivity index (χ0v) is 20.6. The summed E-state index contributed by atoms with van der Waals surface area (Å²) in [7, 11) is 0.